The van der Waals surface area contributed by atoms with Gasteiger partial charge in [0.1, 0.15) is 11.2 Å². The summed E-state index contributed by atoms with van der Waals surface area (Å²) in [5.74, 6) is 0. The van der Waals surface area contributed by atoms with Gasteiger partial charge < -0.3 is 14.6 Å². The minimum atomic E-state index is -0.390. The van der Waals surface area contributed by atoms with Crippen LogP contribution in [0, 0.1) is 0 Å². The highest BCUT2D eigenvalue weighted by molar-refractivity contribution is 6.13. The van der Waals surface area contributed by atoms with Gasteiger partial charge in [-0.2, -0.15) is 0 Å². The van der Waals surface area contributed by atoms with E-state index in [-0.39, 0.29) is 0 Å². The van der Waals surface area contributed by atoms with Crippen LogP contribution in [0.3, 0.4) is 0 Å². The number of furan rings is 1. The largest absolute Gasteiger partial charge is 0.456 e. The van der Waals surface area contributed by atoms with Crippen LogP contribution < -0.4 is 10.2 Å². The molecule has 0 atom stereocenters. The molecule has 1 N–H and O–H groups in total. The van der Waals surface area contributed by atoms with E-state index < -0.39 is 5.41 Å². The molecule has 0 aliphatic heterocycles. The minimum absolute atomic E-state index is 0.390. The zero-order chi connectivity index (χ0) is 34.2. The molecule has 3 nitrogen and oxygen atoms in total. The summed E-state index contributed by atoms with van der Waals surface area (Å²) in [5.41, 5.74) is 17.2. The van der Waals surface area contributed by atoms with Gasteiger partial charge in [0.05, 0.1) is 16.5 Å². The molecule has 0 fully saturated rings. The van der Waals surface area contributed by atoms with Gasteiger partial charge in [0.2, 0.25) is 0 Å². The molecule has 0 saturated heterocycles. The van der Waals surface area contributed by atoms with Crippen molar-refractivity contribution in [1.82, 2.24) is 0 Å². The third-order valence-electron chi connectivity index (χ3n) is 11.0. The van der Waals surface area contributed by atoms with Gasteiger partial charge >= 0.3 is 0 Å². The SMILES string of the molecule is c1ccc(N(c2ccccc2)c2ccc3oc4cccc(Nc5ccc6c(c5)C5(c7ccccc7-c7ccccc75)c5ccccc5-6)c4c3c2)cc1. The second-order valence-electron chi connectivity index (χ2n) is 13.7. The van der Waals surface area contributed by atoms with E-state index in [9.17, 15) is 0 Å². The Balaban J connectivity index is 1.08. The van der Waals surface area contributed by atoms with Crippen LogP contribution in [0.2, 0.25) is 0 Å². The van der Waals surface area contributed by atoms with Gasteiger partial charge in [-0.05, 0) is 111 Å². The van der Waals surface area contributed by atoms with Crippen LogP contribution in [-0.2, 0) is 5.41 Å². The Bertz CT molecular complexity index is 2730. The third kappa shape index (κ3) is 4.02. The maximum Gasteiger partial charge on any atom is 0.137 e. The van der Waals surface area contributed by atoms with E-state index in [1.807, 2.05) is 0 Å². The van der Waals surface area contributed by atoms with Crippen LogP contribution >= 0.6 is 0 Å². The summed E-state index contributed by atoms with van der Waals surface area (Å²) in [6.07, 6.45) is 0. The average Bonchev–Trinajstić information content (AvgIpc) is 3.83. The molecular formula is C49H32N2O. The molecule has 3 heteroatoms. The van der Waals surface area contributed by atoms with E-state index in [4.69, 9.17) is 4.42 Å². The Morgan fingerprint density at radius 2 is 0.962 bits per heavy atom. The maximum atomic E-state index is 6.49. The van der Waals surface area contributed by atoms with Gasteiger partial charge in [0.25, 0.3) is 0 Å². The van der Waals surface area contributed by atoms with Gasteiger partial charge in [0.15, 0.2) is 0 Å². The smallest absolute Gasteiger partial charge is 0.137 e. The molecular weight excluding hydrogens is 633 g/mol. The first-order valence-electron chi connectivity index (χ1n) is 17.9. The lowest BCUT2D eigenvalue weighted by Gasteiger charge is -2.30. The summed E-state index contributed by atoms with van der Waals surface area (Å²) >= 11 is 0. The highest BCUT2D eigenvalue weighted by Crippen LogP contribution is 2.63. The van der Waals surface area contributed by atoms with Crippen molar-refractivity contribution in [2.45, 2.75) is 5.41 Å². The van der Waals surface area contributed by atoms with Crippen LogP contribution in [-0.4, -0.2) is 0 Å². The van der Waals surface area contributed by atoms with Gasteiger partial charge in [-0.1, -0.05) is 121 Å². The Labute approximate surface area is 302 Å². The molecule has 244 valence electrons. The van der Waals surface area contributed by atoms with Crippen molar-refractivity contribution in [2.24, 2.45) is 0 Å². The third-order valence-corrected chi connectivity index (χ3v) is 11.0. The van der Waals surface area contributed by atoms with E-state index in [0.29, 0.717) is 0 Å². The molecule has 1 heterocycles. The van der Waals surface area contributed by atoms with E-state index in [0.717, 1.165) is 50.4 Å². The highest BCUT2D eigenvalue weighted by atomic mass is 16.3. The van der Waals surface area contributed by atoms with Gasteiger partial charge in [-0.25, -0.2) is 0 Å². The van der Waals surface area contributed by atoms with Crippen LogP contribution in [0.15, 0.2) is 192 Å². The van der Waals surface area contributed by atoms with Crippen molar-refractivity contribution >= 4 is 50.4 Å². The zero-order valence-electron chi connectivity index (χ0n) is 28.3. The molecule has 0 bridgehead atoms. The number of hydrogen-bond acceptors (Lipinski definition) is 3. The van der Waals surface area contributed by atoms with Gasteiger partial charge in [0, 0.05) is 28.1 Å². The summed E-state index contributed by atoms with van der Waals surface area (Å²) in [6.45, 7) is 0. The molecule has 0 radical (unpaired) electrons. The second-order valence-corrected chi connectivity index (χ2v) is 13.7. The predicted molar refractivity (Wildman–Crippen MR) is 214 cm³/mol. The fourth-order valence-electron chi connectivity index (χ4n) is 8.99. The molecule has 52 heavy (non-hydrogen) atoms. The zero-order valence-corrected chi connectivity index (χ0v) is 28.3. The number of para-hydroxylation sites is 2. The van der Waals surface area contributed by atoms with E-state index in [2.05, 4.69) is 198 Å². The Morgan fingerprint density at radius 3 is 1.58 bits per heavy atom. The van der Waals surface area contributed by atoms with Crippen molar-refractivity contribution in [2.75, 3.05) is 10.2 Å². The number of nitrogens with zero attached hydrogens (tertiary/aromatic N) is 1. The lowest BCUT2D eigenvalue weighted by Crippen LogP contribution is -2.25. The topological polar surface area (TPSA) is 28.4 Å². The van der Waals surface area contributed by atoms with E-state index >= 15 is 0 Å². The summed E-state index contributed by atoms with van der Waals surface area (Å²) in [5, 5.41) is 6.01. The molecule has 1 spiro atoms. The molecule has 2 aliphatic rings. The second kappa shape index (κ2) is 11.1. The minimum Gasteiger partial charge on any atom is -0.456 e. The lowest BCUT2D eigenvalue weighted by atomic mass is 9.70. The first-order valence-corrected chi connectivity index (χ1v) is 17.9. The number of fused-ring (bicyclic) bond motifs is 13. The first-order chi connectivity index (χ1) is 25.8. The number of rotatable bonds is 5. The number of anilines is 5. The Hall–Kier alpha value is -6.84. The van der Waals surface area contributed by atoms with Crippen LogP contribution in [0.4, 0.5) is 28.4 Å². The fourth-order valence-corrected chi connectivity index (χ4v) is 8.99. The summed E-state index contributed by atoms with van der Waals surface area (Å²) in [7, 11) is 0. The molecule has 0 amide bonds. The standard InChI is InChI=1S/C49H32N2O/c1-3-14-33(15-4-1)51(34-16-5-2-6-17-34)35-27-29-46-40(31-35)48-45(24-13-25-47(48)52-46)50-32-26-28-39-38-20-9-12-23-43(38)49(44(39)30-32)41-21-10-7-18-36(41)37-19-8-11-22-42(37)49/h1-31,50H. The van der Waals surface area contributed by atoms with Crippen molar-refractivity contribution in [1.29, 1.82) is 0 Å². The molecule has 2 aliphatic carbocycles. The molecule has 8 aromatic carbocycles. The number of hydrogen-bond donors (Lipinski definition) is 1. The van der Waals surface area contributed by atoms with Crippen molar-refractivity contribution in [3.05, 3.63) is 210 Å². The average molecular weight is 665 g/mol. The summed E-state index contributed by atoms with van der Waals surface area (Å²) in [6, 6.07) is 67.6. The van der Waals surface area contributed by atoms with E-state index in [1.54, 1.807) is 0 Å². The van der Waals surface area contributed by atoms with Gasteiger partial charge in [-0.3, -0.25) is 0 Å². The molecule has 0 unspecified atom stereocenters. The summed E-state index contributed by atoms with van der Waals surface area (Å²) in [4.78, 5) is 2.29. The first kappa shape index (κ1) is 28.9. The van der Waals surface area contributed by atoms with Gasteiger partial charge in [-0.15, -0.1) is 0 Å². The van der Waals surface area contributed by atoms with E-state index in [1.165, 1.54) is 44.5 Å². The Morgan fingerprint density at radius 1 is 0.404 bits per heavy atom. The molecule has 11 rings (SSSR count). The Kier molecular flexibility index (Phi) is 6.17. The van der Waals surface area contributed by atoms with Crippen LogP contribution in [0.1, 0.15) is 22.3 Å². The van der Waals surface area contributed by atoms with Crippen molar-refractivity contribution in [3.63, 3.8) is 0 Å². The van der Waals surface area contributed by atoms with Crippen molar-refractivity contribution in [3.8, 4) is 22.3 Å². The maximum absolute atomic E-state index is 6.49. The summed E-state index contributed by atoms with van der Waals surface area (Å²) < 4.78 is 6.49. The quantitative estimate of drug-likeness (QED) is 0.198. The molecule has 1 aromatic heterocycles. The number of benzene rings is 8. The van der Waals surface area contributed by atoms with Crippen molar-refractivity contribution < 1.29 is 4.42 Å². The highest BCUT2D eigenvalue weighted by Gasteiger charge is 2.51. The van der Waals surface area contributed by atoms with Crippen LogP contribution in [0.25, 0.3) is 44.2 Å². The van der Waals surface area contributed by atoms with Crippen LogP contribution in [0.5, 0.6) is 0 Å². The molecule has 0 saturated carbocycles. The monoisotopic (exact) mass is 664 g/mol. The normalized spacial score (nSPS) is 13.2. The molecule has 9 aromatic rings. The lowest BCUT2D eigenvalue weighted by molar-refractivity contribution is 0.669. The predicted octanol–water partition coefficient (Wildman–Crippen LogP) is 13.1. The fraction of sp³-hybridized carbons (Fsp3) is 0.0204. The number of nitrogens with one attached hydrogen (secondary N) is 1.